The van der Waals surface area contributed by atoms with Gasteiger partial charge in [0.25, 0.3) is 0 Å². The maximum atomic E-state index is 4.44. The average molecular weight is 245 g/mol. The largest absolute Gasteiger partial charge is 0.226 e. The number of nitrogens with zero attached hydrogens (tertiary/aromatic N) is 2. The molecule has 1 fully saturated rings. The Morgan fingerprint density at radius 3 is 2.83 bits per heavy atom. The Morgan fingerprint density at radius 1 is 1.50 bits per heavy atom. The van der Waals surface area contributed by atoms with Crippen molar-refractivity contribution in [3.63, 3.8) is 0 Å². The highest BCUT2D eigenvalue weighted by Gasteiger charge is 2.26. The molecule has 0 atom stereocenters. The molecule has 1 aliphatic carbocycles. The van der Waals surface area contributed by atoms with Gasteiger partial charge in [-0.1, -0.05) is 0 Å². The van der Waals surface area contributed by atoms with E-state index in [-0.39, 0.29) is 0 Å². The van der Waals surface area contributed by atoms with Crippen LogP contribution in [0.3, 0.4) is 0 Å². The van der Waals surface area contributed by atoms with Crippen LogP contribution in [0.2, 0.25) is 0 Å². The van der Waals surface area contributed by atoms with Crippen LogP contribution in [-0.4, -0.2) is 16.2 Å². The van der Waals surface area contributed by atoms with Crippen LogP contribution >= 0.6 is 27.7 Å². The molecule has 0 amide bonds. The van der Waals surface area contributed by atoms with E-state index in [2.05, 4.69) is 25.9 Å². The van der Waals surface area contributed by atoms with Gasteiger partial charge < -0.3 is 0 Å². The van der Waals surface area contributed by atoms with Crippen molar-refractivity contribution in [3.8, 4) is 0 Å². The Kier molecular flexibility index (Phi) is 2.37. The summed E-state index contributed by atoms with van der Waals surface area (Å²) in [7, 11) is 0. The third kappa shape index (κ3) is 1.80. The summed E-state index contributed by atoms with van der Waals surface area (Å²) in [5.41, 5.74) is 0. The van der Waals surface area contributed by atoms with Gasteiger partial charge in [-0.15, -0.1) is 11.8 Å². The molecule has 0 aliphatic heterocycles. The van der Waals surface area contributed by atoms with E-state index < -0.39 is 0 Å². The van der Waals surface area contributed by atoms with E-state index >= 15 is 0 Å². The van der Waals surface area contributed by atoms with E-state index in [1.165, 1.54) is 12.8 Å². The van der Waals surface area contributed by atoms with Crippen LogP contribution in [-0.2, 0) is 0 Å². The maximum absolute atomic E-state index is 4.44. The first-order valence-corrected chi connectivity index (χ1v) is 5.90. The Bertz CT molecular complexity index is 299. The lowest BCUT2D eigenvalue weighted by Crippen LogP contribution is -1.93. The minimum Gasteiger partial charge on any atom is -0.226 e. The molecule has 0 unspecified atom stereocenters. The van der Waals surface area contributed by atoms with Crippen molar-refractivity contribution in [2.45, 2.75) is 23.8 Å². The van der Waals surface area contributed by atoms with E-state index in [1.807, 2.05) is 12.3 Å². The zero-order chi connectivity index (χ0) is 8.55. The first-order chi connectivity index (χ1) is 5.79. The molecule has 1 aromatic rings. The molecule has 12 heavy (non-hydrogen) atoms. The third-order valence-corrected chi connectivity index (χ3v) is 2.87. The van der Waals surface area contributed by atoms with Gasteiger partial charge in [-0.05, 0) is 35.0 Å². The first kappa shape index (κ1) is 8.51. The fourth-order valence-corrected chi connectivity index (χ4v) is 2.01. The lowest BCUT2D eigenvalue weighted by Gasteiger charge is -2.00. The molecular weight excluding hydrogens is 236 g/mol. The predicted molar refractivity (Wildman–Crippen MR) is 53.5 cm³/mol. The van der Waals surface area contributed by atoms with Gasteiger partial charge in [0.15, 0.2) is 0 Å². The van der Waals surface area contributed by atoms with E-state index in [4.69, 9.17) is 0 Å². The second-order valence-electron chi connectivity index (χ2n) is 2.87. The van der Waals surface area contributed by atoms with Crippen LogP contribution in [0, 0.1) is 0 Å². The summed E-state index contributed by atoms with van der Waals surface area (Å²) in [6, 6.07) is 1.95. The molecule has 0 aromatic carbocycles. The molecule has 0 N–H and O–H groups in total. The van der Waals surface area contributed by atoms with Crippen LogP contribution in [0.15, 0.2) is 15.7 Å². The van der Waals surface area contributed by atoms with Crippen molar-refractivity contribution in [2.75, 3.05) is 6.26 Å². The molecule has 1 aromatic heterocycles. The predicted octanol–water partition coefficient (Wildman–Crippen LogP) is 2.84. The van der Waals surface area contributed by atoms with Gasteiger partial charge in [0.1, 0.15) is 15.5 Å². The topological polar surface area (TPSA) is 25.8 Å². The quantitative estimate of drug-likeness (QED) is 0.591. The summed E-state index contributed by atoms with van der Waals surface area (Å²) in [6.07, 6.45) is 4.54. The standard InChI is InChI=1S/C8H9BrN2S/c1-12-7-4-6(9)10-8(11-7)5-2-3-5/h4-5H,2-3H2,1H3. The fraction of sp³-hybridized carbons (Fsp3) is 0.500. The lowest BCUT2D eigenvalue weighted by molar-refractivity contribution is 0.867. The van der Waals surface area contributed by atoms with Crippen molar-refractivity contribution in [3.05, 3.63) is 16.5 Å². The summed E-state index contributed by atoms with van der Waals surface area (Å²) in [5.74, 6) is 1.64. The summed E-state index contributed by atoms with van der Waals surface area (Å²) >= 11 is 5.05. The second kappa shape index (κ2) is 3.34. The molecule has 0 saturated heterocycles. The van der Waals surface area contributed by atoms with E-state index in [1.54, 1.807) is 11.8 Å². The van der Waals surface area contributed by atoms with Gasteiger partial charge in [0.2, 0.25) is 0 Å². The van der Waals surface area contributed by atoms with E-state index in [0.717, 1.165) is 15.5 Å². The molecule has 1 heterocycles. The molecular formula is C8H9BrN2S. The third-order valence-electron chi connectivity index (χ3n) is 1.84. The van der Waals surface area contributed by atoms with Crippen molar-refractivity contribution < 1.29 is 0 Å². The van der Waals surface area contributed by atoms with Gasteiger partial charge in [-0.25, -0.2) is 9.97 Å². The molecule has 1 saturated carbocycles. The monoisotopic (exact) mass is 244 g/mol. The van der Waals surface area contributed by atoms with Crippen LogP contribution in [0.1, 0.15) is 24.6 Å². The molecule has 0 spiro atoms. The fourth-order valence-electron chi connectivity index (χ4n) is 1.04. The molecule has 1 aliphatic rings. The molecule has 64 valence electrons. The van der Waals surface area contributed by atoms with Crippen molar-refractivity contribution in [1.82, 2.24) is 9.97 Å². The van der Waals surface area contributed by atoms with Gasteiger partial charge in [0, 0.05) is 12.0 Å². The molecule has 0 bridgehead atoms. The highest BCUT2D eigenvalue weighted by Crippen LogP contribution is 2.38. The number of aromatic nitrogens is 2. The highest BCUT2D eigenvalue weighted by atomic mass is 79.9. The maximum Gasteiger partial charge on any atom is 0.134 e. The molecule has 4 heteroatoms. The van der Waals surface area contributed by atoms with Crippen molar-refractivity contribution in [2.24, 2.45) is 0 Å². The summed E-state index contributed by atoms with van der Waals surface area (Å²) in [4.78, 5) is 8.77. The Morgan fingerprint density at radius 2 is 2.25 bits per heavy atom. The first-order valence-electron chi connectivity index (χ1n) is 3.88. The minimum atomic E-state index is 0.633. The molecule has 0 radical (unpaired) electrons. The zero-order valence-electron chi connectivity index (χ0n) is 6.75. The smallest absolute Gasteiger partial charge is 0.134 e. The lowest BCUT2D eigenvalue weighted by atomic mass is 10.4. The number of rotatable bonds is 2. The molecule has 2 rings (SSSR count). The summed E-state index contributed by atoms with van der Waals surface area (Å²) in [5, 5.41) is 1.05. The van der Waals surface area contributed by atoms with Crippen LogP contribution < -0.4 is 0 Å². The number of hydrogen-bond acceptors (Lipinski definition) is 3. The van der Waals surface area contributed by atoms with Crippen LogP contribution in [0.4, 0.5) is 0 Å². The molecule has 2 nitrogen and oxygen atoms in total. The number of hydrogen-bond donors (Lipinski definition) is 0. The average Bonchev–Trinajstić information content (AvgIpc) is 2.85. The summed E-state index contributed by atoms with van der Waals surface area (Å²) < 4.78 is 0.906. The van der Waals surface area contributed by atoms with Crippen LogP contribution in [0.25, 0.3) is 0 Å². The van der Waals surface area contributed by atoms with Crippen molar-refractivity contribution >= 4 is 27.7 Å². The SMILES string of the molecule is CSc1cc(Br)nc(C2CC2)n1. The van der Waals surface area contributed by atoms with Gasteiger partial charge in [0.05, 0.1) is 0 Å². The van der Waals surface area contributed by atoms with Gasteiger partial charge in [-0.3, -0.25) is 0 Å². The zero-order valence-corrected chi connectivity index (χ0v) is 9.15. The number of halogens is 1. The Hall–Kier alpha value is -0.0900. The summed E-state index contributed by atoms with van der Waals surface area (Å²) in [6.45, 7) is 0. The number of thioether (sulfide) groups is 1. The van der Waals surface area contributed by atoms with Crippen LogP contribution in [0.5, 0.6) is 0 Å². The Labute approximate surface area is 84.3 Å². The Balaban J connectivity index is 2.34. The highest BCUT2D eigenvalue weighted by molar-refractivity contribution is 9.10. The minimum absolute atomic E-state index is 0.633. The van der Waals surface area contributed by atoms with Gasteiger partial charge in [-0.2, -0.15) is 0 Å². The van der Waals surface area contributed by atoms with Crippen molar-refractivity contribution in [1.29, 1.82) is 0 Å². The normalized spacial score (nSPS) is 16.5. The second-order valence-corrected chi connectivity index (χ2v) is 4.50. The van der Waals surface area contributed by atoms with E-state index in [0.29, 0.717) is 5.92 Å². The van der Waals surface area contributed by atoms with Gasteiger partial charge >= 0.3 is 0 Å². The van der Waals surface area contributed by atoms with E-state index in [9.17, 15) is 0 Å².